The molecule has 0 bridgehead atoms. The quantitative estimate of drug-likeness (QED) is 0.736. The second-order valence-electron chi connectivity index (χ2n) is 3.66. The molecule has 1 saturated heterocycles. The predicted molar refractivity (Wildman–Crippen MR) is 50.0 cm³/mol. The number of amides is 1. The molecule has 0 aliphatic carbocycles. The first kappa shape index (κ1) is 13.2. The molecule has 1 aliphatic rings. The first-order valence-electron chi connectivity index (χ1n) is 4.95. The molecule has 2 rings (SSSR count). The van der Waals surface area contributed by atoms with E-state index in [1.165, 1.54) is 0 Å². The molecule has 9 nitrogen and oxygen atoms in total. The van der Waals surface area contributed by atoms with Crippen molar-refractivity contribution in [3.8, 4) is 0 Å². The van der Waals surface area contributed by atoms with E-state index in [4.69, 9.17) is 0 Å². The SMILES string of the molecule is O=C(Nc1nnn[nH]1)C1CN(OC(=O)C(F)(F)F)C1. The van der Waals surface area contributed by atoms with Crippen molar-refractivity contribution in [2.45, 2.75) is 6.18 Å². The van der Waals surface area contributed by atoms with Gasteiger partial charge < -0.3 is 4.84 Å². The molecule has 104 valence electrons. The second-order valence-corrected chi connectivity index (χ2v) is 3.66. The van der Waals surface area contributed by atoms with Gasteiger partial charge in [0.15, 0.2) is 0 Å². The third-order valence-corrected chi connectivity index (χ3v) is 2.25. The van der Waals surface area contributed by atoms with Gasteiger partial charge in [-0.1, -0.05) is 5.10 Å². The maximum absolute atomic E-state index is 11.9. The number of tetrazole rings is 1. The van der Waals surface area contributed by atoms with Crippen LogP contribution in [0.4, 0.5) is 19.1 Å². The lowest BCUT2D eigenvalue weighted by molar-refractivity contribution is -0.256. The summed E-state index contributed by atoms with van der Waals surface area (Å²) in [4.78, 5) is 26.0. The molecule has 1 aromatic heterocycles. The largest absolute Gasteiger partial charge is 0.492 e. The van der Waals surface area contributed by atoms with Crippen molar-refractivity contribution < 1.29 is 27.6 Å². The minimum Gasteiger partial charge on any atom is -0.361 e. The van der Waals surface area contributed by atoms with Crippen molar-refractivity contribution in [1.82, 2.24) is 25.7 Å². The van der Waals surface area contributed by atoms with Gasteiger partial charge in [-0.2, -0.15) is 13.2 Å². The summed E-state index contributed by atoms with van der Waals surface area (Å²) in [5.41, 5.74) is 0. The zero-order valence-electron chi connectivity index (χ0n) is 9.14. The number of rotatable bonds is 3. The number of hydrogen-bond donors (Lipinski definition) is 2. The van der Waals surface area contributed by atoms with Crippen LogP contribution in [0.15, 0.2) is 0 Å². The van der Waals surface area contributed by atoms with Gasteiger partial charge in [0.05, 0.1) is 5.92 Å². The second kappa shape index (κ2) is 4.79. The lowest BCUT2D eigenvalue weighted by Crippen LogP contribution is -2.53. The number of alkyl halides is 3. The molecule has 0 saturated carbocycles. The first-order valence-corrected chi connectivity index (χ1v) is 4.95. The summed E-state index contributed by atoms with van der Waals surface area (Å²) >= 11 is 0. The molecule has 0 aromatic carbocycles. The maximum Gasteiger partial charge on any atom is 0.492 e. The number of hydroxylamine groups is 2. The van der Waals surface area contributed by atoms with Gasteiger partial charge in [-0.3, -0.25) is 10.1 Å². The normalized spacial score (nSPS) is 16.8. The van der Waals surface area contributed by atoms with E-state index in [0.717, 1.165) is 5.06 Å². The Bertz CT molecular complexity index is 469. The van der Waals surface area contributed by atoms with Crippen LogP contribution >= 0.6 is 0 Å². The number of carbonyl (C=O) groups excluding carboxylic acids is 2. The minimum absolute atomic E-state index is 0.0238. The molecule has 1 aromatic rings. The van der Waals surface area contributed by atoms with Crippen molar-refractivity contribution in [3.05, 3.63) is 0 Å². The fourth-order valence-electron chi connectivity index (χ4n) is 1.28. The van der Waals surface area contributed by atoms with E-state index in [-0.39, 0.29) is 19.0 Å². The van der Waals surface area contributed by atoms with Crippen LogP contribution in [0, 0.1) is 5.92 Å². The number of H-pyrrole nitrogens is 1. The molecular weight excluding hydrogens is 273 g/mol. The molecule has 2 N–H and O–H groups in total. The molecule has 1 amide bonds. The van der Waals surface area contributed by atoms with Crippen LogP contribution in [0.3, 0.4) is 0 Å². The highest BCUT2D eigenvalue weighted by Crippen LogP contribution is 2.22. The fourth-order valence-corrected chi connectivity index (χ4v) is 1.28. The van der Waals surface area contributed by atoms with E-state index in [0.29, 0.717) is 0 Å². The lowest BCUT2D eigenvalue weighted by Gasteiger charge is -2.35. The number of halogens is 3. The molecule has 0 atom stereocenters. The predicted octanol–water partition coefficient (Wildman–Crippen LogP) is -0.910. The molecule has 12 heteroatoms. The number of aromatic nitrogens is 4. The Morgan fingerprint density at radius 3 is 2.63 bits per heavy atom. The van der Waals surface area contributed by atoms with Crippen molar-refractivity contribution in [3.63, 3.8) is 0 Å². The van der Waals surface area contributed by atoms with Crippen molar-refractivity contribution in [1.29, 1.82) is 0 Å². The van der Waals surface area contributed by atoms with Crippen LogP contribution in [0.25, 0.3) is 0 Å². The number of carbonyl (C=O) groups is 2. The summed E-state index contributed by atoms with van der Waals surface area (Å²) < 4.78 is 35.6. The topological polar surface area (TPSA) is 113 Å². The van der Waals surface area contributed by atoms with E-state index in [9.17, 15) is 22.8 Å². The highest BCUT2D eigenvalue weighted by molar-refractivity contribution is 5.91. The Hall–Kier alpha value is -2.24. The Labute approximate surface area is 103 Å². The molecular formula is C7H7F3N6O3. The summed E-state index contributed by atoms with van der Waals surface area (Å²) in [7, 11) is 0. The molecule has 19 heavy (non-hydrogen) atoms. The summed E-state index contributed by atoms with van der Waals surface area (Å²) in [5.74, 6) is -3.38. The van der Waals surface area contributed by atoms with Gasteiger partial charge in [-0.15, -0.1) is 5.06 Å². The minimum atomic E-state index is -5.06. The fraction of sp³-hybridized carbons (Fsp3) is 0.571. The Balaban J connectivity index is 1.74. The number of hydrogen-bond acceptors (Lipinski definition) is 7. The summed E-state index contributed by atoms with van der Waals surface area (Å²) in [6.45, 7) is -0.259. The molecule has 0 radical (unpaired) electrons. The summed E-state index contributed by atoms with van der Waals surface area (Å²) in [5, 5.41) is 15.2. The van der Waals surface area contributed by atoms with Crippen LogP contribution < -0.4 is 5.32 Å². The third kappa shape index (κ3) is 3.15. The van der Waals surface area contributed by atoms with Crippen LogP contribution in [0.1, 0.15) is 0 Å². The van der Waals surface area contributed by atoms with Crippen LogP contribution in [0.2, 0.25) is 0 Å². The van der Waals surface area contributed by atoms with Gasteiger partial charge in [-0.05, 0) is 10.4 Å². The van der Waals surface area contributed by atoms with E-state index >= 15 is 0 Å². The number of anilines is 1. The van der Waals surface area contributed by atoms with Gasteiger partial charge in [0.2, 0.25) is 11.9 Å². The van der Waals surface area contributed by atoms with E-state index in [2.05, 4.69) is 30.8 Å². The Kier molecular flexibility index (Phi) is 3.33. The number of aromatic amines is 1. The molecule has 2 heterocycles. The highest BCUT2D eigenvalue weighted by Gasteiger charge is 2.45. The first-order chi connectivity index (χ1) is 8.86. The average molecular weight is 280 g/mol. The van der Waals surface area contributed by atoms with Gasteiger partial charge in [0.1, 0.15) is 0 Å². The maximum atomic E-state index is 11.9. The van der Waals surface area contributed by atoms with Crippen LogP contribution in [0.5, 0.6) is 0 Å². The average Bonchev–Trinajstić information content (AvgIpc) is 2.73. The van der Waals surface area contributed by atoms with Gasteiger partial charge in [0, 0.05) is 13.1 Å². The van der Waals surface area contributed by atoms with E-state index < -0.39 is 24.0 Å². The van der Waals surface area contributed by atoms with Crippen molar-refractivity contribution in [2.75, 3.05) is 18.4 Å². The number of nitrogens with one attached hydrogen (secondary N) is 2. The van der Waals surface area contributed by atoms with E-state index in [1.54, 1.807) is 0 Å². The smallest absolute Gasteiger partial charge is 0.361 e. The van der Waals surface area contributed by atoms with Crippen molar-refractivity contribution in [2.24, 2.45) is 5.92 Å². The van der Waals surface area contributed by atoms with Gasteiger partial charge >= 0.3 is 12.1 Å². The Morgan fingerprint density at radius 1 is 1.42 bits per heavy atom. The standard InChI is InChI=1S/C7H7F3N6O3/c8-7(9,10)5(18)19-16-1-3(2-16)4(17)11-6-12-14-15-13-6/h3H,1-2H2,(H2,11,12,13,14,15,17). The zero-order valence-corrected chi connectivity index (χ0v) is 9.14. The molecule has 1 aliphatic heterocycles. The lowest BCUT2D eigenvalue weighted by atomic mass is 10.0. The van der Waals surface area contributed by atoms with Crippen LogP contribution in [-0.4, -0.2) is 56.8 Å². The third-order valence-electron chi connectivity index (χ3n) is 2.25. The molecule has 1 fully saturated rings. The zero-order chi connectivity index (χ0) is 14.0. The van der Waals surface area contributed by atoms with Crippen LogP contribution in [-0.2, 0) is 14.4 Å². The summed E-state index contributed by atoms with van der Waals surface area (Å²) in [6.07, 6.45) is -5.06. The highest BCUT2D eigenvalue weighted by atomic mass is 19.4. The van der Waals surface area contributed by atoms with Gasteiger partial charge in [-0.25, -0.2) is 9.89 Å². The Morgan fingerprint density at radius 2 is 2.11 bits per heavy atom. The van der Waals surface area contributed by atoms with Crippen molar-refractivity contribution >= 4 is 17.8 Å². The van der Waals surface area contributed by atoms with E-state index in [1.807, 2.05) is 0 Å². The monoisotopic (exact) mass is 280 g/mol. The van der Waals surface area contributed by atoms with Gasteiger partial charge in [0.25, 0.3) is 0 Å². The molecule has 0 unspecified atom stereocenters. The molecule has 0 spiro atoms. The summed E-state index contributed by atoms with van der Waals surface area (Å²) in [6, 6.07) is 0. The number of nitrogens with zero attached hydrogens (tertiary/aromatic N) is 4.